The van der Waals surface area contributed by atoms with Gasteiger partial charge in [-0.05, 0) is 62.4 Å². The highest BCUT2D eigenvalue weighted by atomic mass is 127. The van der Waals surface area contributed by atoms with Crippen LogP contribution in [0.2, 0.25) is 0 Å². The minimum atomic E-state index is -0.637. The van der Waals surface area contributed by atoms with Crippen LogP contribution in [0.15, 0.2) is 30.5 Å². The maximum Gasteiger partial charge on any atom is 0.226 e. The summed E-state index contributed by atoms with van der Waals surface area (Å²) in [5, 5.41) is 12.9. The minimum Gasteiger partial charge on any atom is -0.488 e. The van der Waals surface area contributed by atoms with Gasteiger partial charge in [-0.15, -0.1) is 11.3 Å². The lowest BCUT2D eigenvalue weighted by atomic mass is 9.98. The van der Waals surface area contributed by atoms with Gasteiger partial charge >= 0.3 is 0 Å². The Morgan fingerprint density at radius 2 is 2.15 bits per heavy atom. The van der Waals surface area contributed by atoms with E-state index >= 15 is 0 Å². The van der Waals surface area contributed by atoms with Crippen molar-refractivity contribution in [3.8, 4) is 16.9 Å². The Morgan fingerprint density at radius 1 is 1.30 bits per heavy atom. The van der Waals surface area contributed by atoms with Crippen LogP contribution in [0, 0.1) is 19.8 Å². The number of ether oxygens (including phenoxy) is 1. The van der Waals surface area contributed by atoms with Gasteiger partial charge in [-0.2, -0.15) is 0 Å². The second-order valence-corrected chi connectivity index (χ2v) is 11.6. The predicted octanol–water partition coefficient (Wildman–Crippen LogP) is 4.42. The lowest BCUT2D eigenvalue weighted by Gasteiger charge is -2.30. The van der Waals surface area contributed by atoms with Gasteiger partial charge in [0, 0.05) is 64.7 Å². The number of carbonyl (C=O) groups excluding carboxylic acids is 1. The maximum absolute atomic E-state index is 12.1. The largest absolute Gasteiger partial charge is 0.488 e. The van der Waals surface area contributed by atoms with E-state index in [1.165, 1.54) is 5.56 Å². The second kappa shape index (κ2) is 9.48. The van der Waals surface area contributed by atoms with Gasteiger partial charge in [-0.3, -0.25) is 9.78 Å². The van der Waals surface area contributed by atoms with Gasteiger partial charge in [-0.25, -0.2) is 3.11 Å². The number of pyridine rings is 1. The summed E-state index contributed by atoms with van der Waals surface area (Å²) in [6, 6.07) is 8.50. The first kappa shape index (κ1) is 23.0. The molecular weight excluding hydrogens is 549 g/mol. The zero-order chi connectivity index (χ0) is 23.1. The van der Waals surface area contributed by atoms with Crippen molar-refractivity contribution in [3.05, 3.63) is 46.5 Å². The molecular formula is C25H28IN3O3S. The molecule has 2 fully saturated rings. The van der Waals surface area contributed by atoms with E-state index in [4.69, 9.17) is 4.74 Å². The number of halogens is 1. The number of aliphatic hydroxyl groups excluding tert-OH is 1. The summed E-state index contributed by atoms with van der Waals surface area (Å²) in [6.07, 6.45) is 4.11. The first-order valence-electron chi connectivity index (χ1n) is 11.4. The molecule has 2 N–H and O–H groups in total. The summed E-state index contributed by atoms with van der Waals surface area (Å²) in [4.78, 5) is 17.8. The average Bonchev–Trinajstić information content (AvgIpc) is 3.33. The van der Waals surface area contributed by atoms with E-state index in [0.29, 0.717) is 13.0 Å². The van der Waals surface area contributed by atoms with Gasteiger partial charge in [0.1, 0.15) is 11.9 Å². The molecule has 1 aromatic carbocycles. The number of hydrogen-bond donors (Lipinski definition) is 2. The van der Waals surface area contributed by atoms with Crippen molar-refractivity contribution >= 4 is 50.3 Å². The highest BCUT2D eigenvalue weighted by Crippen LogP contribution is 2.41. The Morgan fingerprint density at radius 3 is 2.91 bits per heavy atom. The highest BCUT2D eigenvalue weighted by Gasteiger charge is 2.33. The van der Waals surface area contributed by atoms with E-state index in [9.17, 15) is 9.90 Å². The van der Waals surface area contributed by atoms with Crippen LogP contribution in [0.25, 0.3) is 21.3 Å². The number of carbonyl (C=O) groups is 1. The number of hydrogen-bond acceptors (Lipinski definition) is 6. The lowest BCUT2D eigenvalue weighted by molar-refractivity contribution is -0.123. The Hall–Kier alpha value is -1.75. The standard InChI is InChI=1S/C25H28IN3O3S/c1-14-8-15(2)23(32-16-4-3-7-29(26)13-16)19(9-14)18-5-6-27-21-11-17(33-24(18)21)10-20-22(30)12-28-25(20)31/h5-6,8-9,11,16,20,22,30H,3-4,7,10,12-13H2,1-2H3,(H,28,31)/t16-,20?,22?/m0/s1. The summed E-state index contributed by atoms with van der Waals surface area (Å²) < 4.78 is 10.0. The predicted molar refractivity (Wildman–Crippen MR) is 140 cm³/mol. The fourth-order valence-electron chi connectivity index (χ4n) is 4.87. The number of benzene rings is 1. The molecule has 3 aromatic rings. The molecule has 1 amide bonds. The molecule has 2 aromatic heterocycles. The molecule has 174 valence electrons. The zero-order valence-electron chi connectivity index (χ0n) is 18.8. The normalized spacial score (nSPS) is 23.8. The first-order valence-corrected chi connectivity index (χ1v) is 13.2. The number of fused-ring (bicyclic) bond motifs is 1. The van der Waals surface area contributed by atoms with Crippen LogP contribution in [0.1, 0.15) is 28.8 Å². The van der Waals surface area contributed by atoms with Gasteiger partial charge < -0.3 is 15.2 Å². The molecule has 2 aliphatic heterocycles. The van der Waals surface area contributed by atoms with Crippen LogP contribution in [-0.4, -0.2) is 51.0 Å². The lowest BCUT2D eigenvalue weighted by Crippen LogP contribution is -2.35. The Labute approximate surface area is 211 Å². The van der Waals surface area contributed by atoms with Crippen LogP contribution in [0.5, 0.6) is 5.75 Å². The average molecular weight is 577 g/mol. The van der Waals surface area contributed by atoms with Gasteiger partial charge in [0.2, 0.25) is 5.91 Å². The third kappa shape index (κ3) is 4.76. The SMILES string of the molecule is Cc1cc(C)c(O[C@H]2CCCN(I)C2)c(-c2ccnc3cc(CC4C(=O)NCC4O)sc23)c1. The summed E-state index contributed by atoms with van der Waals surface area (Å²) in [7, 11) is 0. The molecule has 8 heteroatoms. The van der Waals surface area contributed by atoms with Gasteiger partial charge in [0.15, 0.2) is 0 Å². The van der Waals surface area contributed by atoms with Crippen LogP contribution < -0.4 is 10.1 Å². The number of β-amino-alcohol motifs (C(OH)–C–C–N with tert-alkyl or cyclic N) is 1. The van der Waals surface area contributed by atoms with E-state index in [1.54, 1.807) is 11.3 Å². The number of amides is 1. The van der Waals surface area contributed by atoms with Crippen LogP contribution in [0.3, 0.4) is 0 Å². The fourth-order valence-corrected chi connectivity index (χ4v) is 6.85. The highest BCUT2D eigenvalue weighted by molar-refractivity contribution is 14.1. The summed E-state index contributed by atoms with van der Waals surface area (Å²) >= 11 is 4.04. The molecule has 3 atom stereocenters. The Kier molecular flexibility index (Phi) is 6.61. The number of rotatable bonds is 5. The number of piperidine rings is 1. The number of thiophene rings is 1. The van der Waals surface area contributed by atoms with Gasteiger partial charge in [0.05, 0.1) is 22.2 Å². The molecule has 0 spiro atoms. The van der Waals surface area contributed by atoms with Crippen molar-refractivity contribution in [1.82, 2.24) is 13.4 Å². The quantitative estimate of drug-likeness (QED) is 0.347. The molecule has 0 aliphatic carbocycles. The number of aryl methyl sites for hydroxylation is 2. The fraction of sp³-hybridized carbons (Fsp3) is 0.440. The van der Waals surface area contributed by atoms with E-state index in [-0.39, 0.29) is 12.0 Å². The first-order chi connectivity index (χ1) is 15.9. The molecule has 0 bridgehead atoms. The Balaban J connectivity index is 1.53. The number of nitrogens with one attached hydrogen (secondary N) is 1. The minimum absolute atomic E-state index is 0.0741. The topological polar surface area (TPSA) is 74.7 Å². The molecule has 2 unspecified atom stereocenters. The second-order valence-electron chi connectivity index (χ2n) is 9.12. The van der Waals surface area contributed by atoms with Crippen LogP contribution in [-0.2, 0) is 11.2 Å². The molecule has 5 rings (SSSR count). The van der Waals surface area contributed by atoms with Crippen molar-refractivity contribution in [2.75, 3.05) is 19.6 Å². The molecule has 0 radical (unpaired) electrons. The Bertz CT molecular complexity index is 1200. The van der Waals surface area contributed by atoms with E-state index in [2.05, 4.69) is 74.4 Å². The third-order valence-electron chi connectivity index (χ3n) is 6.49. The van der Waals surface area contributed by atoms with Crippen LogP contribution in [0.4, 0.5) is 0 Å². The molecule has 2 saturated heterocycles. The number of nitrogens with zero attached hydrogens (tertiary/aromatic N) is 2. The molecule has 4 heterocycles. The van der Waals surface area contributed by atoms with E-state index < -0.39 is 12.0 Å². The zero-order valence-corrected chi connectivity index (χ0v) is 21.8. The molecule has 6 nitrogen and oxygen atoms in total. The van der Waals surface area contributed by atoms with Gasteiger partial charge in [0.25, 0.3) is 0 Å². The van der Waals surface area contributed by atoms with Crippen molar-refractivity contribution in [3.63, 3.8) is 0 Å². The molecule has 33 heavy (non-hydrogen) atoms. The maximum atomic E-state index is 12.1. The van der Waals surface area contributed by atoms with Crippen molar-refractivity contribution in [1.29, 1.82) is 0 Å². The summed E-state index contributed by atoms with van der Waals surface area (Å²) in [5.74, 6) is 0.476. The smallest absolute Gasteiger partial charge is 0.226 e. The summed E-state index contributed by atoms with van der Waals surface area (Å²) in [6.45, 7) is 6.60. The monoisotopic (exact) mass is 577 g/mol. The van der Waals surface area contributed by atoms with E-state index in [1.807, 2.05) is 6.20 Å². The van der Waals surface area contributed by atoms with Crippen molar-refractivity contribution in [2.24, 2.45) is 5.92 Å². The number of aliphatic hydroxyl groups is 1. The third-order valence-corrected chi connectivity index (χ3v) is 8.55. The van der Waals surface area contributed by atoms with Gasteiger partial charge in [-0.1, -0.05) is 6.07 Å². The number of aromatic nitrogens is 1. The van der Waals surface area contributed by atoms with Crippen molar-refractivity contribution in [2.45, 2.75) is 45.3 Å². The van der Waals surface area contributed by atoms with Crippen molar-refractivity contribution < 1.29 is 14.6 Å². The molecule has 2 aliphatic rings. The summed E-state index contributed by atoms with van der Waals surface area (Å²) in [5.41, 5.74) is 5.46. The van der Waals surface area contributed by atoms with Crippen LogP contribution >= 0.6 is 34.2 Å². The molecule has 0 saturated carbocycles. The van der Waals surface area contributed by atoms with E-state index in [0.717, 1.165) is 63.5 Å².